The van der Waals surface area contributed by atoms with Gasteiger partial charge in [0.1, 0.15) is 16.8 Å². The van der Waals surface area contributed by atoms with Crippen LogP contribution in [0.3, 0.4) is 0 Å². The third-order valence-corrected chi connectivity index (χ3v) is 7.98. The lowest BCUT2D eigenvalue weighted by molar-refractivity contribution is -0.129. The van der Waals surface area contributed by atoms with Crippen LogP contribution >= 0.6 is 0 Å². The Morgan fingerprint density at radius 2 is 1.34 bits per heavy atom. The van der Waals surface area contributed by atoms with Gasteiger partial charge in [-0.1, -0.05) is 12.1 Å². The monoisotopic (exact) mass is 655 g/mol. The maximum atomic E-state index is 13.0. The van der Waals surface area contributed by atoms with Gasteiger partial charge in [0.05, 0.1) is 40.1 Å². The van der Waals surface area contributed by atoms with Crippen LogP contribution in [0.5, 0.6) is 5.75 Å². The molecule has 2 aromatic heterocycles. The minimum Gasteiger partial charge on any atom is -0.497 e. The second-order valence-corrected chi connectivity index (χ2v) is 11.3. The Morgan fingerprint density at radius 3 is 1.89 bits per heavy atom. The summed E-state index contributed by atoms with van der Waals surface area (Å²) >= 11 is 0. The highest BCUT2D eigenvalue weighted by molar-refractivity contribution is 5.96. The fourth-order valence-electron chi connectivity index (χ4n) is 5.22. The summed E-state index contributed by atoms with van der Waals surface area (Å²) in [5, 5.41) is 0. The third kappa shape index (κ3) is 9.28. The number of hydrogen-bond acceptors (Lipinski definition) is 14. The summed E-state index contributed by atoms with van der Waals surface area (Å²) in [6.45, 7) is 5.93. The Kier molecular flexibility index (Phi) is 13.5. The molecule has 0 radical (unpaired) electrons. The molecule has 1 aliphatic heterocycles. The topological polar surface area (TPSA) is 131 Å². The highest BCUT2D eigenvalue weighted by Gasteiger charge is 2.29. The number of amides is 1. The molecule has 0 atom stereocenters. The van der Waals surface area contributed by atoms with E-state index in [0.29, 0.717) is 107 Å². The molecule has 0 saturated carbocycles. The van der Waals surface area contributed by atoms with Crippen molar-refractivity contribution in [2.24, 2.45) is 0 Å². The predicted molar refractivity (Wildman–Crippen MR) is 182 cm³/mol. The molecule has 0 spiro atoms. The van der Waals surface area contributed by atoms with E-state index in [1.807, 2.05) is 53.1 Å². The van der Waals surface area contributed by atoms with Crippen LogP contribution in [0.15, 0.2) is 24.3 Å². The highest BCUT2D eigenvalue weighted by atomic mass is 16.5. The first-order valence-corrected chi connectivity index (χ1v) is 15.7. The van der Waals surface area contributed by atoms with E-state index in [9.17, 15) is 4.79 Å². The van der Waals surface area contributed by atoms with Crippen molar-refractivity contribution < 1.29 is 28.5 Å². The summed E-state index contributed by atoms with van der Waals surface area (Å²) in [6, 6.07) is 7.94. The Balaban J connectivity index is 1.96. The lowest BCUT2D eigenvalue weighted by Gasteiger charge is -2.34. The largest absolute Gasteiger partial charge is 0.497 e. The van der Waals surface area contributed by atoms with Gasteiger partial charge in [0.2, 0.25) is 17.8 Å². The number of carbonyl (C=O) groups excluding carboxylic acids is 1. The van der Waals surface area contributed by atoms with Crippen molar-refractivity contribution in [1.82, 2.24) is 24.8 Å². The highest BCUT2D eigenvalue weighted by Crippen LogP contribution is 2.33. The number of nitrogens with zero attached hydrogens (tertiary/aromatic N) is 9. The zero-order valence-electron chi connectivity index (χ0n) is 28.8. The van der Waals surface area contributed by atoms with E-state index in [2.05, 4.69) is 4.90 Å². The predicted octanol–water partition coefficient (Wildman–Crippen LogP) is 1.54. The molecule has 0 aliphatic carbocycles. The normalized spacial score (nSPS) is 13.4. The van der Waals surface area contributed by atoms with Crippen LogP contribution in [0, 0.1) is 0 Å². The molecule has 0 N–H and O–H groups in total. The van der Waals surface area contributed by atoms with Gasteiger partial charge in [0, 0.05) is 88.3 Å². The molecule has 1 amide bonds. The quantitative estimate of drug-likeness (QED) is 0.185. The average Bonchev–Trinajstić information content (AvgIpc) is 3.08. The van der Waals surface area contributed by atoms with Crippen molar-refractivity contribution in [1.29, 1.82) is 0 Å². The van der Waals surface area contributed by atoms with Gasteiger partial charge in [-0.2, -0.15) is 9.97 Å². The zero-order chi connectivity index (χ0) is 33.8. The number of hydrogen-bond donors (Lipinski definition) is 0. The van der Waals surface area contributed by atoms with Crippen LogP contribution in [-0.2, 0) is 30.3 Å². The van der Waals surface area contributed by atoms with Gasteiger partial charge >= 0.3 is 0 Å². The first-order valence-electron chi connectivity index (χ1n) is 15.7. The van der Waals surface area contributed by atoms with Gasteiger partial charge in [-0.05, 0) is 17.7 Å². The van der Waals surface area contributed by atoms with E-state index >= 15 is 0 Å². The third-order valence-electron chi connectivity index (χ3n) is 7.98. The number of rotatable bonds is 19. The van der Waals surface area contributed by atoms with Crippen LogP contribution in [-0.4, -0.2) is 153 Å². The first kappa shape index (κ1) is 35.8. The summed E-state index contributed by atoms with van der Waals surface area (Å²) < 4.78 is 27.2. The Labute approximate surface area is 277 Å². The lowest BCUT2D eigenvalue weighted by atomic mass is 10.2. The van der Waals surface area contributed by atoms with Gasteiger partial charge in [-0.15, -0.1) is 0 Å². The van der Waals surface area contributed by atoms with Crippen LogP contribution in [0.25, 0.3) is 11.0 Å². The number of likely N-dealkylation sites (N-methyl/N-ethyl adjacent to an activating group) is 1. The number of aromatic nitrogens is 4. The Morgan fingerprint density at radius 1 is 0.766 bits per heavy atom. The van der Waals surface area contributed by atoms with Gasteiger partial charge < -0.3 is 48.2 Å². The molecule has 3 aromatic rings. The molecule has 3 heterocycles. The standard InChI is InChI=1S/C32H49N9O6/c1-37-11-12-41(23-26(37)42)30-28-27(33-32(36-30)40(15-19-45-5)16-20-46-6)29(38(2)22-24-9-8-10-25(21-24)47-7)35-31(34-28)39(13-17-43-3)14-18-44-4/h8-10,21H,11-20,22-23H2,1-7H3. The van der Waals surface area contributed by atoms with Crippen molar-refractivity contribution in [3.63, 3.8) is 0 Å². The molecule has 15 heteroatoms. The molecule has 1 fully saturated rings. The zero-order valence-corrected chi connectivity index (χ0v) is 28.8. The van der Waals surface area contributed by atoms with Crippen molar-refractivity contribution in [3.05, 3.63) is 29.8 Å². The van der Waals surface area contributed by atoms with E-state index < -0.39 is 0 Å². The Hall–Kier alpha value is -4.05. The molecule has 15 nitrogen and oxygen atoms in total. The molecule has 4 rings (SSSR count). The van der Waals surface area contributed by atoms with Crippen molar-refractivity contribution in [3.8, 4) is 5.75 Å². The van der Waals surface area contributed by atoms with Crippen molar-refractivity contribution in [2.75, 3.05) is 141 Å². The summed E-state index contributed by atoms with van der Waals surface area (Å²) in [7, 11) is 12.1. The molecule has 1 saturated heterocycles. The molecule has 258 valence electrons. The number of ether oxygens (including phenoxy) is 5. The molecular formula is C32H49N9O6. The second-order valence-electron chi connectivity index (χ2n) is 11.3. The SMILES string of the molecule is COCCN(CCOC)c1nc(N2CCN(C)C(=O)C2)c2nc(N(CCOC)CCOC)nc(N(C)Cc3cccc(OC)c3)c2n1. The van der Waals surface area contributed by atoms with Gasteiger partial charge in [-0.25, -0.2) is 9.97 Å². The molecule has 47 heavy (non-hydrogen) atoms. The molecular weight excluding hydrogens is 606 g/mol. The molecule has 0 unspecified atom stereocenters. The van der Waals surface area contributed by atoms with E-state index in [4.69, 9.17) is 43.6 Å². The van der Waals surface area contributed by atoms with E-state index in [-0.39, 0.29) is 12.5 Å². The number of piperazine rings is 1. The fraction of sp³-hybridized carbons (Fsp3) is 0.594. The summed E-state index contributed by atoms with van der Waals surface area (Å²) in [6.07, 6.45) is 0. The maximum Gasteiger partial charge on any atom is 0.241 e. The molecule has 0 bridgehead atoms. The fourth-order valence-corrected chi connectivity index (χ4v) is 5.22. The summed E-state index contributed by atoms with van der Waals surface area (Å²) in [4.78, 5) is 43.2. The van der Waals surface area contributed by atoms with Crippen LogP contribution in [0.1, 0.15) is 5.56 Å². The Bertz CT molecular complexity index is 1430. The van der Waals surface area contributed by atoms with Gasteiger partial charge in [0.25, 0.3) is 0 Å². The summed E-state index contributed by atoms with van der Waals surface area (Å²) in [5.41, 5.74) is 2.17. The van der Waals surface area contributed by atoms with Crippen molar-refractivity contribution >= 4 is 40.5 Å². The first-order chi connectivity index (χ1) is 22.8. The van der Waals surface area contributed by atoms with Crippen LogP contribution in [0.4, 0.5) is 23.5 Å². The molecule has 1 aliphatic rings. The van der Waals surface area contributed by atoms with Crippen LogP contribution < -0.4 is 24.3 Å². The van der Waals surface area contributed by atoms with E-state index in [0.717, 1.165) is 11.3 Å². The minimum atomic E-state index is 0.00615. The smallest absolute Gasteiger partial charge is 0.241 e. The number of anilines is 4. The number of fused-ring (bicyclic) bond motifs is 1. The maximum absolute atomic E-state index is 13.0. The van der Waals surface area contributed by atoms with E-state index in [1.165, 1.54) is 0 Å². The number of benzene rings is 1. The van der Waals surface area contributed by atoms with Crippen LogP contribution in [0.2, 0.25) is 0 Å². The second kappa shape index (κ2) is 17.8. The van der Waals surface area contributed by atoms with Crippen molar-refractivity contribution in [2.45, 2.75) is 6.54 Å². The number of carbonyl (C=O) groups is 1. The molecule has 1 aromatic carbocycles. The van der Waals surface area contributed by atoms with Gasteiger partial charge in [-0.3, -0.25) is 4.79 Å². The summed E-state index contributed by atoms with van der Waals surface area (Å²) in [5.74, 6) is 2.95. The van der Waals surface area contributed by atoms with Gasteiger partial charge in [0.15, 0.2) is 11.6 Å². The van der Waals surface area contributed by atoms with E-state index in [1.54, 1.807) is 40.4 Å². The average molecular weight is 656 g/mol. The minimum absolute atomic E-state index is 0.00615. The number of methoxy groups -OCH3 is 5. The lowest BCUT2D eigenvalue weighted by Crippen LogP contribution is -2.49.